The second-order valence-electron chi connectivity index (χ2n) is 4.11. The number of amides is 1. The maximum atomic E-state index is 13.2. The van der Waals surface area contributed by atoms with Crippen LogP contribution in [0.2, 0.25) is 0 Å². The van der Waals surface area contributed by atoms with Crippen molar-refractivity contribution in [1.29, 1.82) is 0 Å². The maximum absolute atomic E-state index is 13.2. The van der Waals surface area contributed by atoms with Gasteiger partial charge in [0, 0.05) is 19.1 Å². The normalized spacial score (nSPS) is 18.3. The predicted molar refractivity (Wildman–Crippen MR) is 68.3 cm³/mol. The number of halogens is 2. The fourth-order valence-electron chi connectivity index (χ4n) is 1.81. The molecule has 0 saturated carbocycles. The van der Waals surface area contributed by atoms with Crippen LogP contribution in [0, 0.1) is 5.82 Å². The minimum Gasteiger partial charge on any atom is -0.481 e. The van der Waals surface area contributed by atoms with Gasteiger partial charge in [0.25, 0.3) is 5.91 Å². The van der Waals surface area contributed by atoms with Crippen LogP contribution in [0.4, 0.5) is 4.39 Å². The van der Waals surface area contributed by atoms with Gasteiger partial charge in [0.15, 0.2) is 18.2 Å². The summed E-state index contributed by atoms with van der Waals surface area (Å²) in [5.41, 5.74) is 5.70. The number of nitrogens with two attached hydrogens (primary N) is 1. The standard InChI is InChI=1S/C12H15FN2O2.ClH/c13-10-3-1-2-4-11(10)17-8-12(16)15-6-5-9(14)7-15;/h1-4,9H,5-8,14H2;1H/t9-;/m1./s1. The number of carbonyl (C=O) groups is 1. The minimum atomic E-state index is -0.460. The van der Waals surface area contributed by atoms with Crippen LogP contribution in [0.1, 0.15) is 6.42 Å². The lowest BCUT2D eigenvalue weighted by molar-refractivity contribution is -0.132. The van der Waals surface area contributed by atoms with E-state index < -0.39 is 5.82 Å². The molecule has 1 atom stereocenters. The molecule has 1 heterocycles. The van der Waals surface area contributed by atoms with Gasteiger partial charge in [0.05, 0.1) is 0 Å². The number of likely N-dealkylation sites (tertiary alicyclic amines) is 1. The lowest BCUT2D eigenvalue weighted by atomic mass is 10.3. The van der Waals surface area contributed by atoms with Crippen molar-refractivity contribution in [3.63, 3.8) is 0 Å². The van der Waals surface area contributed by atoms with E-state index in [9.17, 15) is 9.18 Å². The molecule has 4 nitrogen and oxygen atoms in total. The molecule has 0 aromatic heterocycles. The fourth-order valence-corrected chi connectivity index (χ4v) is 1.81. The Hall–Kier alpha value is -1.33. The zero-order valence-corrected chi connectivity index (χ0v) is 10.7. The smallest absolute Gasteiger partial charge is 0.260 e. The Balaban J connectivity index is 0.00000162. The summed E-state index contributed by atoms with van der Waals surface area (Å²) < 4.78 is 18.3. The molecule has 1 aliphatic rings. The molecule has 1 fully saturated rings. The first-order valence-corrected chi connectivity index (χ1v) is 5.57. The minimum absolute atomic E-state index is 0. The third-order valence-corrected chi connectivity index (χ3v) is 2.77. The summed E-state index contributed by atoms with van der Waals surface area (Å²) in [5, 5.41) is 0. The Labute approximate surface area is 111 Å². The van der Waals surface area contributed by atoms with E-state index in [0.717, 1.165) is 6.42 Å². The van der Waals surface area contributed by atoms with E-state index in [0.29, 0.717) is 13.1 Å². The molecule has 0 bridgehead atoms. The zero-order chi connectivity index (χ0) is 12.3. The highest BCUT2D eigenvalue weighted by Crippen LogP contribution is 2.15. The third-order valence-electron chi connectivity index (χ3n) is 2.77. The molecule has 2 rings (SSSR count). The molecule has 1 aromatic carbocycles. The molecule has 0 spiro atoms. The van der Waals surface area contributed by atoms with Crippen LogP contribution in [0.5, 0.6) is 5.75 Å². The molecule has 1 amide bonds. The van der Waals surface area contributed by atoms with Gasteiger partial charge in [0.1, 0.15) is 0 Å². The van der Waals surface area contributed by atoms with Gasteiger partial charge in [0.2, 0.25) is 0 Å². The van der Waals surface area contributed by atoms with Gasteiger partial charge in [-0.05, 0) is 18.6 Å². The van der Waals surface area contributed by atoms with Gasteiger partial charge >= 0.3 is 0 Å². The first-order chi connectivity index (χ1) is 8.16. The second-order valence-corrected chi connectivity index (χ2v) is 4.11. The molecule has 18 heavy (non-hydrogen) atoms. The number of hydrogen-bond donors (Lipinski definition) is 1. The zero-order valence-electron chi connectivity index (χ0n) is 9.84. The Bertz CT molecular complexity index is 417. The van der Waals surface area contributed by atoms with E-state index in [-0.39, 0.29) is 36.7 Å². The largest absolute Gasteiger partial charge is 0.481 e. The molecule has 6 heteroatoms. The van der Waals surface area contributed by atoms with Crippen molar-refractivity contribution in [2.75, 3.05) is 19.7 Å². The monoisotopic (exact) mass is 274 g/mol. The molecular formula is C12H16ClFN2O2. The molecule has 2 N–H and O–H groups in total. The summed E-state index contributed by atoms with van der Waals surface area (Å²) in [7, 11) is 0. The van der Waals surface area contributed by atoms with E-state index in [2.05, 4.69) is 0 Å². The fraction of sp³-hybridized carbons (Fsp3) is 0.417. The molecule has 0 radical (unpaired) electrons. The number of nitrogens with zero attached hydrogens (tertiary/aromatic N) is 1. The Morgan fingerprint density at radius 1 is 1.50 bits per heavy atom. The molecule has 100 valence electrons. The van der Waals surface area contributed by atoms with Gasteiger partial charge in [-0.3, -0.25) is 4.79 Å². The van der Waals surface area contributed by atoms with Crippen molar-refractivity contribution in [2.45, 2.75) is 12.5 Å². The van der Waals surface area contributed by atoms with Crippen LogP contribution in [-0.2, 0) is 4.79 Å². The number of hydrogen-bond acceptors (Lipinski definition) is 3. The number of rotatable bonds is 3. The van der Waals surface area contributed by atoms with Crippen LogP contribution in [0.3, 0.4) is 0 Å². The summed E-state index contributed by atoms with van der Waals surface area (Å²) in [4.78, 5) is 13.3. The average molecular weight is 275 g/mol. The lowest BCUT2D eigenvalue weighted by Gasteiger charge is -2.16. The highest BCUT2D eigenvalue weighted by atomic mass is 35.5. The van der Waals surface area contributed by atoms with Gasteiger partial charge in [-0.25, -0.2) is 4.39 Å². The summed E-state index contributed by atoms with van der Waals surface area (Å²) in [6.45, 7) is 1.06. The number of para-hydroxylation sites is 1. The molecule has 0 unspecified atom stereocenters. The second kappa shape index (κ2) is 6.56. The first kappa shape index (κ1) is 14.7. The molecular weight excluding hydrogens is 259 g/mol. The van der Waals surface area contributed by atoms with Crippen LogP contribution < -0.4 is 10.5 Å². The molecule has 1 saturated heterocycles. The quantitative estimate of drug-likeness (QED) is 0.901. The van der Waals surface area contributed by atoms with Gasteiger partial charge < -0.3 is 15.4 Å². The number of ether oxygens (including phenoxy) is 1. The van der Waals surface area contributed by atoms with Crippen molar-refractivity contribution in [3.05, 3.63) is 30.1 Å². The third kappa shape index (κ3) is 3.58. The Morgan fingerprint density at radius 2 is 2.22 bits per heavy atom. The summed E-state index contributed by atoms with van der Waals surface area (Å²) >= 11 is 0. The van der Waals surface area contributed by atoms with Gasteiger partial charge in [-0.1, -0.05) is 12.1 Å². The highest BCUT2D eigenvalue weighted by molar-refractivity contribution is 5.85. The number of benzene rings is 1. The van der Waals surface area contributed by atoms with Crippen LogP contribution in [0.15, 0.2) is 24.3 Å². The van der Waals surface area contributed by atoms with Crippen LogP contribution >= 0.6 is 12.4 Å². The van der Waals surface area contributed by atoms with Crippen LogP contribution in [-0.4, -0.2) is 36.5 Å². The first-order valence-electron chi connectivity index (χ1n) is 5.57. The summed E-state index contributed by atoms with van der Waals surface area (Å²) in [6.07, 6.45) is 0.811. The van der Waals surface area contributed by atoms with Crippen LogP contribution in [0.25, 0.3) is 0 Å². The SMILES string of the molecule is Cl.N[C@@H]1CCN(C(=O)COc2ccccc2F)C1. The molecule has 1 aromatic rings. The van der Waals surface area contributed by atoms with E-state index in [4.69, 9.17) is 10.5 Å². The lowest BCUT2D eigenvalue weighted by Crippen LogP contribution is -2.35. The van der Waals surface area contributed by atoms with Crippen molar-refractivity contribution >= 4 is 18.3 Å². The van der Waals surface area contributed by atoms with E-state index in [1.54, 1.807) is 17.0 Å². The van der Waals surface area contributed by atoms with Gasteiger partial charge in [-0.2, -0.15) is 0 Å². The Morgan fingerprint density at radius 3 is 2.83 bits per heavy atom. The molecule has 1 aliphatic heterocycles. The van der Waals surface area contributed by atoms with E-state index in [1.165, 1.54) is 12.1 Å². The molecule has 0 aliphatic carbocycles. The Kier molecular flexibility index (Phi) is 5.37. The summed E-state index contributed by atoms with van der Waals surface area (Å²) in [6, 6.07) is 6.08. The van der Waals surface area contributed by atoms with Crippen molar-refractivity contribution in [2.24, 2.45) is 5.73 Å². The number of carbonyl (C=O) groups excluding carboxylic acids is 1. The van der Waals surface area contributed by atoms with Crippen molar-refractivity contribution in [3.8, 4) is 5.75 Å². The maximum Gasteiger partial charge on any atom is 0.260 e. The van der Waals surface area contributed by atoms with Gasteiger partial charge in [-0.15, -0.1) is 12.4 Å². The topological polar surface area (TPSA) is 55.6 Å². The predicted octanol–water partition coefficient (Wildman–Crippen LogP) is 1.19. The average Bonchev–Trinajstić information content (AvgIpc) is 2.74. The van der Waals surface area contributed by atoms with E-state index >= 15 is 0 Å². The van der Waals surface area contributed by atoms with Crippen molar-refractivity contribution < 1.29 is 13.9 Å². The van der Waals surface area contributed by atoms with E-state index in [1.807, 2.05) is 0 Å². The van der Waals surface area contributed by atoms with Crippen molar-refractivity contribution in [1.82, 2.24) is 4.90 Å². The highest BCUT2D eigenvalue weighted by Gasteiger charge is 2.23. The summed E-state index contributed by atoms with van der Waals surface area (Å²) in [5.74, 6) is -0.510.